The number of non-ortho nitro benzene ring substituents is 1. The van der Waals surface area contributed by atoms with Crippen molar-refractivity contribution in [2.45, 2.75) is 40.0 Å². The molecule has 0 fully saturated rings. The Hall–Kier alpha value is -2.24. The Balaban J connectivity index is 0.000000677. The van der Waals surface area contributed by atoms with E-state index in [1.165, 1.54) is 24.6 Å². The summed E-state index contributed by atoms with van der Waals surface area (Å²) in [6, 6.07) is 3.76. The summed E-state index contributed by atoms with van der Waals surface area (Å²) in [6.07, 6.45) is 2.85. The zero-order valence-corrected chi connectivity index (χ0v) is 12.6. The number of imide groups is 1. The molecule has 1 aliphatic rings. The average molecular weight is 292 g/mol. The van der Waals surface area contributed by atoms with Gasteiger partial charge in [0.05, 0.1) is 16.1 Å². The molecule has 6 nitrogen and oxygen atoms in total. The second-order valence-corrected chi connectivity index (χ2v) is 4.81. The third kappa shape index (κ3) is 3.65. The summed E-state index contributed by atoms with van der Waals surface area (Å²) in [5.41, 5.74) is 0.208. The number of hydrogen-bond donors (Lipinski definition) is 0. The van der Waals surface area contributed by atoms with Gasteiger partial charge in [-0.25, -0.2) is 0 Å². The van der Waals surface area contributed by atoms with Gasteiger partial charge in [0.2, 0.25) is 0 Å². The monoisotopic (exact) mass is 292 g/mol. The number of carbonyl (C=O) groups excluding carboxylic acids is 2. The molecule has 0 bridgehead atoms. The fourth-order valence-electron chi connectivity index (χ4n) is 1.91. The van der Waals surface area contributed by atoms with Gasteiger partial charge in [-0.15, -0.1) is 0 Å². The lowest BCUT2D eigenvalue weighted by Crippen LogP contribution is -2.30. The van der Waals surface area contributed by atoms with Crippen LogP contribution in [-0.4, -0.2) is 28.2 Å². The summed E-state index contributed by atoms with van der Waals surface area (Å²) in [4.78, 5) is 35.1. The minimum Gasteiger partial charge on any atom is -0.274 e. The van der Waals surface area contributed by atoms with Crippen LogP contribution in [0.5, 0.6) is 0 Å². The maximum absolute atomic E-state index is 12.0. The van der Waals surface area contributed by atoms with Crippen molar-refractivity contribution in [1.82, 2.24) is 4.90 Å². The molecule has 0 aliphatic carbocycles. The highest BCUT2D eigenvalue weighted by atomic mass is 16.6. The molecule has 21 heavy (non-hydrogen) atoms. The first-order chi connectivity index (χ1) is 9.97. The SMILES string of the molecule is CCC.CCCCN1C(=O)c2ccc([N+](=O)[O-])cc2C1=O. The summed E-state index contributed by atoms with van der Waals surface area (Å²) in [7, 11) is 0. The zero-order chi connectivity index (χ0) is 16.0. The molecule has 0 aromatic heterocycles. The lowest BCUT2D eigenvalue weighted by atomic mass is 10.1. The Morgan fingerprint density at radius 1 is 1.10 bits per heavy atom. The summed E-state index contributed by atoms with van der Waals surface area (Å²) in [5.74, 6) is -0.800. The normalized spacial score (nSPS) is 12.8. The second-order valence-electron chi connectivity index (χ2n) is 4.81. The van der Waals surface area contributed by atoms with Crippen LogP contribution >= 0.6 is 0 Å². The van der Waals surface area contributed by atoms with Crippen molar-refractivity contribution in [3.05, 3.63) is 39.4 Å². The van der Waals surface area contributed by atoms with Gasteiger partial charge in [0.25, 0.3) is 17.5 Å². The van der Waals surface area contributed by atoms with Crippen LogP contribution in [0.1, 0.15) is 60.7 Å². The van der Waals surface area contributed by atoms with Crippen molar-refractivity contribution in [2.24, 2.45) is 0 Å². The van der Waals surface area contributed by atoms with Crippen molar-refractivity contribution < 1.29 is 14.5 Å². The maximum atomic E-state index is 12.0. The van der Waals surface area contributed by atoms with E-state index in [2.05, 4.69) is 13.8 Å². The maximum Gasteiger partial charge on any atom is 0.270 e. The highest BCUT2D eigenvalue weighted by molar-refractivity contribution is 6.21. The number of amides is 2. The summed E-state index contributed by atoms with van der Waals surface area (Å²) >= 11 is 0. The molecular formula is C15H20N2O4. The Kier molecular flexibility index (Phi) is 6.02. The zero-order valence-electron chi connectivity index (χ0n) is 12.6. The molecule has 1 heterocycles. The van der Waals surface area contributed by atoms with E-state index in [9.17, 15) is 19.7 Å². The van der Waals surface area contributed by atoms with E-state index in [-0.39, 0.29) is 22.7 Å². The lowest BCUT2D eigenvalue weighted by molar-refractivity contribution is -0.384. The van der Waals surface area contributed by atoms with Crippen LogP contribution in [0.3, 0.4) is 0 Å². The van der Waals surface area contributed by atoms with Gasteiger partial charge in [0.1, 0.15) is 0 Å². The Bertz CT molecular complexity index is 555. The van der Waals surface area contributed by atoms with Gasteiger partial charge >= 0.3 is 0 Å². The van der Waals surface area contributed by atoms with Gasteiger partial charge in [-0.3, -0.25) is 24.6 Å². The van der Waals surface area contributed by atoms with Crippen LogP contribution < -0.4 is 0 Å². The largest absolute Gasteiger partial charge is 0.274 e. The lowest BCUT2D eigenvalue weighted by Gasteiger charge is -2.12. The summed E-state index contributed by atoms with van der Waals surface area (Å²) < 4.78 is 0. The number of fused-ring (bicyclic) bond motifs is 1. The first-order valence-corrected chi connectivity index (χ1v) is 7.12. The van der Waals surface area contributed by atoms with Gasteiger partial charge in [0, 0.05) is 18.7 Å². The Morgan fingerprint density at radius 2 is 1.67 bits per heavy atom. The molecular weight excluding hydrogens is 272 g/mol. The molecule has 1 aromatic carbocycles. The van der Waals surface area contributed by atoms with Gasteiger partial charge in [-0.1, -0.05) is 33.6 Å². The Labute approximate surface area is 123 Å². The van der Waals surface area contributed by atoms with Gasteiger partial charge in [0.15, 0.2) is 0 Å². The molecule has 0 atom stereocenters. The number of benzene rings is 1. The molecule has 114 valence electrons. The van der Waals surface area contributed by atoms with Crippen molar-refractivity contribution in [3.8, 4) is 0 Å². The highest BCUT2D eigenvalue weighted by Crippen LogP contribution is 2.26. The third-order valence-corrected chi connectivity index (χ3v) is 2.90. The van der Waals surface area contributed by atoms with E-state index in [1.807, 2.05) is 6.92 Å². The van der Waals surface area contributed by atoms with Crippen molar-refractivity contribution in [3.63, 3.8) is 0 Å². The summed E-state index contributed by atoms with van der Waals surface area (Å²) in [5, 5.41) is 10.6. The van der Waals surface area contributed by atoms with Crippen LogP contribution in [0.15, 0.2) is 18.2 Å². The number of unbranched alkanes of at least 4 members (excludes halogenated alkanes) is 1. The number of nitro groups is 1. The number of nitrogens with zero attached hydrogens (tertiary/aromatic N) is 2. The predicted octanol–water partition coefficient (Wildman–Crippen LogP) is 3.41. The number of hydrogen-bond acceptors (Lipinski definition) is 4. The minimum absolute atomic E-state index is 0.130. The van der Waals surface area contributed by atoms with Crippen LogP contribution in [0.25, 0.3) is 0 Å². The van der Waals surface area contributed by atoms with E-state index < -0.39 is 10.8 Å². The second kappa shape index (κ2) is 7.52. The fraction of sp³-hybridized carbons (Fsp3) is 0.467. The molecule has 0 unspecified atom stereocenters. The molecule has 0 saturated carbocycles. The van der Waals surface area contributed by atoms with E-state index >= 15 is 0 Å². The van der Waals surface area contributed by atoms with Crippen LogP contribution in [0.4, 0.5) is 5.69 Å². The molecule has 1 aliphatic heterocycles. The van der Waals surface area contributed by atoms with E-state index in [4.69, 9.17) is 0 Å². The number of nitro benzene ring substituents is 1. The van der Waals surface area contributed by atoms with Gasteiger partial charge < -0.3 is 0 Å². The molecule has 1 aromatic rings. The number of carbonyl (C=O) groups is 2. The topological polar surface area (TPSA) is 80.5 Å². The molecule has 0 radical (unpaired) electrons. The first kappa shape index (κ1) is 16.8. The van der Waals surface area contributed by atoms with E-state index in [0.717, 1.165) is 17.7 Å². The number of rotatable bonds is 4. The smallest absolute Gasteiger partial charge is 0.270 e. The molecule has 6 heteroatoms. The van der Waals surface area contributed by atoms with Crippen LogP contribution in [0.2, 0.25) is 0 Å². The minimum atomic E-state index is -0.577. The van der Waals surface area contributed by atoms with Gasteiger partial charge in [-0.2, -0.15) is 0 Å². The first-order valence-electron chi connectivity index (χ1n) is 7.12. The van der Waals surface area contributed by atoms with E-state index in [1.54, 1.807) is 0 Å². The molecule has 2 rings (SSSR count). The molecule has 0 spiro atoms. The molecule has 0 N–H and O–H groups in total. The fourth-order valence-corrected chi connectivity index (χ4v) is 1.91. The third-order valence-electron chi connectivity index (χ3n) is 2.90. The van der Waals surface area contributed by atoms with E-state index in [0.29, 0.717) is 6.54 Å². The standard InChI is InChI=1S/C12H12N2O4.C3H8/c1-2-3-6-13-11(15)9-5-4-8(14(17)18)7-10(9)12(13)16;1-3-2/h4-5,7H,2-3,6H2,1H3;3H2,1-2H3. The summed E-state index contributed by atoms with van der Waals surface area (Å²) in [6.45, 7) is 6.57. The predicted molar refractivity (Wildman–Crippen MR) is 79.3 cm³/mol. The van der Waals surface area contributed by atoms with Crippen molar-refractivity contribution in [1.29, 1.82) is 0 Å². The molecule has 2 amide bonds. The quantitative estimate of drug-likeness (QED) is 0.484. The van der Waals surface area contributed by atoms with Crippen molar-refractivity contribution in [2.75, 3.05) is 6.54 Å². The van der Waals surface area contributed by atoms with Crippen molar-refractivity contribution >= 4 is 17.5 Å². The van der Waals surface area contributed by atoms with Crippen LogP contribution in [0, 0.1) is 10.1 Å². The van der Waals surface area contributed by atoms with Crippen LogP contribution in [-0.2, 0) is 0 Å². The Morgan fingerprint density at radius 3 is 2.19 bits per heavy atom. The van der Waals surface area contributed by atoms with Gasteiger partial charge in [-0.05, 0) is 12.5 Å². The highest BCUT2D eigenvalue weighted by Gasteiger charge is 2.36. The molecule has 0 saturated heterocycles. The average Bonchev–Trinajstić information content (AvgIpc) is 2.69.